The molecule has 3 aromatic rings. The molecule has 1 N–H and O–H groups in total. The number of para-hydroxylation sites is 1. The Balaban J connectivity index is 1.85. The average Bonchev–Trinajstić information content (AvgIpc) is 2.66. The van der Waals surface area contributed by atoms with Gasteiger partial charge in [-0.05, 0) is 42.7 Å². The number of hydrogen-bond donors (Lipinski definition) is 1. The number of nitrogens with one attached hydrogen (secondary N) is 1. The van der Waals surface area contributed by atoms with Crippen molar-refractivity contribution >= 4 is 45.9 Å². The fraction of sp³-hybridized carbons (Fsp3) is 0.286. The molecule has 1 aromatic heterocycles. The SMILES string of the molecule is CC(C)CCn1c(SCC(=O)Nc2ccccc2)nc2cc(Cl)ccc2c1=O. The van der Waals surface area contributed by atoms with Crippen molar-refractivity contribution in [1.82, 2.24) is 9.55 Å². The third-order valence-corrected chi connectivity index (χ3v) is 5.41. The number of fused-ring (bicyclic) bond motifs is 1. The standard InChI is InChI=1S/C21H22ClN3O2S/c1-14(2)10-11-25-20(27)17-9-8-15(22)12-18(17)24-21(25)28-13-19(26)23-16-6-4-3-5-7-16/h3-9,12,14H,10-11,13H2,1-2H3,(H,23,26). The molecule has 146 valence electrons. The fourth-order valence-corrected chi connectivity index (χ4v) is 3.71. The number of nitrogens with zero attached hydrogens (tertiary/aromatic N) is 2. The second-order valence-corrected chi connectivity index (χ2v) is 8.28. The second-order valence-electron chi connectivity index (χ2n) is 6.90. The number of rotatable bonds is 7. The molecule has 0 saturated carbocycles. The van der Waals surface area contributed by atoms with Crippen molar-refractivity contribution in [3.63, 3.8) is 0 Å². The summed E-state index contributed by atoms with van der Waals surface area (Å²) in [4.78, 5) is 29.9. The second kappa shape index (κ2) is 9.26. The zero-order chi connectivity index (χ0) is 20.1. The molecule has 2 aromatic carbocycles. The maximum atomic E-state index is 13.0. The van der Waals surface area contributed by atoms with Crippen LogP contribution in [0.15, 0.2) is 58.5 Å². The lowest BCUT2D eigenvalue weighted by Gasteiger charge is -2.14. The molecular formula is C21H22ClN3O2S. The summed E-state index contributed by atoms with van der Waals surface area (Å²) in [5.41, 5.74) is 1.18. The summed E-state index contributed by atoms with van der Waals surface area (Å²) in [6.07, 6.45) is 0.852. The number of benzene rings is 2. The molecule has 0 atom stereocenters. The largest absolute Gasteiger partial charge is 0.325 e. The highest BCUT2D eigenvalue weighted by molar-refractivity contribution is 7.99. The van der Waals surface area contributed by atoms with Gasteiger partial charge in [-0.1, -0.05) is 55.4 Å². The molecule has 5 nitrogen and oxygen atoms in total. The number of halogens is 1. The molecule has 0 aliphatic carbocycles. The van der Waals surface area contributed by atoms with Crippen LogP contribution in [0.2, 0.25) is 5.02 Å². The molecule has 0 aliphatic rings. The van der Waals surface area contributed by atoms with Crippen LogP contribution in [0.3, 0.4) is 0 Å². The quantitative estimate of drug-likeness (QED) is 0.443. The molecule has 0 saturated heterocycles. The highest BCUT2D eigenvalue weighted by Gasteiger charge is 2.14. The first kappa shape index (κ1) is 20.4. The van der Waals surface area contributed by atoms with Crippen LogP contribution in [0, 0.1) is 5.92 Å². The van der Waals surface area contributed by atoms with Crippen LogP contribution in [0.25, 0.3) is 10.9 Å². The number of thioether (sulfide) groups is 1. The Morgan fingerprint density at radius 2 is 1.96 bits per heavy atom. The Kier molecular flexibility index (Phi) is 6.75. The molecule has 7 heteroatoms. The van der Waals surface area contributed by atoms with Gasteiger partial charge in [-0.3, -0.25) is 14.2 Å². The summed E-state index contributed by atoms with van der Waals surface area (Å²) >= 11 is 7.32. The summed E-state index contributed by atoms with van der Waals surface area (Å²) < 4.78 is 1.66. The monoisotopic (exact) mass is 415 g/mol. The first-order chi connectivity index (χ1) is 13.4. The predicted molar refractivity (Wildman–Crippen MR) is 116 cm³/mol. The minimum absolute atomic E-state index is 0.103. The normalized spacial score (nSPS) is 11.1. The lowest BCUT2D eigenvalue weighted by atomic mass is 10.1. The minimum atomic E-state index is -0.146. The van der Waals surface area contributed by atoms with Crippen LogP contribution in [0.5, 0.6) is 0 Å². The lowest BCUT2D eigenvalue weighted by Crippen LogP contribution is -2.25. The van der Waals surface area contributed by atoms with Crippen molar-refractivity contribution in [2.75, 3.05) is 11.1 Å². The van der Waals surface area contributed by atoms with Crippen molar-refractivity contribution in [2.24, 2.45) is 5.92 Å². The number of anilines is 1. The van der Waals surface area contributed by atoms with E-state index in [-0.39, 0.29) is 17.2 Å². The number of carbonyl (C=O) groups excluding carboxylic acids is 1. The maximum absolute atomic E-state index is 13.0. The fourth-order valence-electron chi connectivity index (χ4n) is 2.72. The van der Waals surface area contributed by atoms with Crippen molar-refractivity contribution in [3.8, 4) is 0 Å². The summed E-state index contributed by atoms with van der Waals surface area (Å²) in [6, 6.07) is 14.4. The average molecular weight is 416 g/mol. The first-order valence-electron chi connectivity index (χ1n) is 9.12. The summed E-state index contributed by atoms with van der Waals surface area (Å²) in [6.45, 7) is 4.78. The van der Waals surface area contributed by atoms with Crippen LogP contribution in [-0.4, -0.2) is 21.2 Å². The van der Waals surface area contributed by atoms with E-state index in [9.17, 15) is 9.59 Å². The number of hydrogen-bond acceptors (Lipinski definition) is 4. The molecule has 0 radical (unpaired) electrons. The maximum Gasteiger partial charge on any atom is 0.262 e. The van der Waals surface area contributed by atoms with E-state index in [1.54, 1.807) is 22.8 Å². The molecule has 28 heavy (non-hydrogen) atoms. The minimum Gasteiger partial charge on any atom is -0.325 e. The lowest BCUT2D eigenvalue weighted by molar-refractivity contribution is -0.113. The van der Waals surface area contributed by atoms with Crippen LogP contribution in [0.1, 0.15) is 20.3 Å². The zero-order valence-electron chi connectivity index (χ0n) is 15.8. The molecule has 3 rings (SSSR count). The molecule has 0 spiro atoms. The zero-order valence-corrected chi connectivity index (χ0v) is 17.4. The molecule has 0 bridgehead atoms. The van der Waals surface area contributed by atoms with E-state index < -0.39 is 0 Å². The van der Waals surface area contributed by atoms with Gasteiger partial charge in [0.1, 0.15) is 0 Å². The van der Waals surface area contributed by atoms with E-state index in [1.807, 2.05) is 30.3 Å². The Labute approximate surface area is 173 Å². The number of amides is 1. The smallest absolute Gasteiger partial charge is 0.262 e. The van der Waals surface area contributed by atoms with Gasteiger partial charge in [0, 0.05) is 17.3 Å². The van der Waals surface area contributed by atoms with Crippen molar-refractivity contribution in [2.45, 2.75) is 32.0 Å². The number of aromatic nitrogens is 2. The van der Waals surface area contributed by atoms with Crippen LogP contribution < -0.4 is 10.9 Å². The first-order valence-corrected chi connectivity index (χ1v) is 10.5. The van der Waals surface area contributed by atoms with Gasteiger partial charge in [0.25, 0.3) is 5.56 Å². The Bertz CT molecular complexity index is 1030. The van der Waals surface area contributed by atoms with E-state index in [0.29, 0.717) is 33.5 Å². The van der Waals surface area contributed by atoms with Crippen molar-refractivity contribution in [3.05, 3.63) is 63.9 Å². The Morgan fingerprint density at radius 1 is 1.21 bits per heavy atom. The topological polar surface area (TPSA) is 64.0 Å². The third-order valence-electron chi connectivity index (χ3n) is 4.20. The molecule has 0 unspecified atom stereocenters. The highest BCUT2D eigenvalue weighted by Crippen LogP contribution is 2.21. The van der Waals surface area contributed by atoms with Gasteiger partial charge < -0.3 is 5.32 Å². The Morgan fingerprint density at radius 3 is 2.68 bits per heavy atom. The van der Waals surface area contributed by atoms with E-state index in [0.717, 1.165) is 12.1 Å². The van der Waals surface area contributed by atoms with Crippen molar-refractivity contribution < 1.29 is 4.79 Å². The van der Waals surface area contributed by atoms with Crippen molar-refractivity contribution in [1.29, 1.82) is 0 Å². The van der Waals surface area contributed by atoms with Gasteiger partial charge in [-0.2, -0.15) is 0 Å². The molecule has 1 heterocycles. The van der Waals surface area contributed by atoms with Crippen LogP contribution >= 0.6 is 23.4 Å². The van der Waals surface area contributed by atoms with Gasteiger partial charge in [0.15, 0.2) is 5.16 Å². The van der Waals surface area contributed by atoms with Gasteiger partial charge in [-0.15, -0.1) is 0 Å². The van der Waals surface area contributed by atoms with E-state index in [2.05, 4.69) is 24.1 Å². The van der Waals surface area contributed by atoms with Crippen LogP contribution in [0.4, 0.5) is 5.69 Å². The van der Waals surface area contributed by atoms with Crippen LogP contribution in [-0.2, 0) is 11.3 Å². The molecule has 1 amide bonds. The van der Waals surface area contributed by atoms with Gasteiger partial charge in [0.2, 0.25) is 5.91 Å². The van der Waals surface area contributed by atoms with Gasteiger partial charge in [0.05, 0.1) is 16.7 Å². The molecular weight excluding hydrogens is 394 g/mol. The number of carbonyl (C=O) groups is 1. The summed E-state index contributed by atoms with van der Waals surface area (Å²) in [7, 11) is 0. The molecule has 0 aliphatic heterocycles. The molecule has 0 fully saturated rings. The van der Waals surface area contributed by atoms with Gasteiger partial charge in [-0.25, -0.2) is 4.98 Å². The van der Waals surface area contributed by atoms with Gasteiger partial charge >= 0.3 is 0 Å². The summed E-state index contributed by atoms with van der Waals surface area (Å²) in [5.74, 6) is 0.467. The third kappa shape index (κ3) is 5.14. The van der Waals surface area contributed by atoms with E-state index in [1.165, 1.54) is 11.8 Å². The predicted octanol–water partition coefficient (Wildman–Crippen LogP) is 4.83. The highest BCUT2D eigenvalue weighted by atomic mass is 35.5. The van der Waals surface area contributed by atoms with E-state index in [4.69, 9.17) is 11.6 Å². The summed E-state index contributed by atoms with van der Waals surface area (Å²) in [5, 5.41) is 4.44. The Hall–Kier alpha value is -2.31. The van der Waals surface area contributed by atoms with E-state index >= 15 is 0 Å².